The van der Waals surface area contributed by atoms with E-state index in [4.69, 9.17) is 0 Å². The molecular weight excluding hydrogens is 244 g/mol. The number of rotatable bonds is 4. The lowest BCUT2D eigenvalue weighted by Gasteiger charge is -2.24. The van der Waals surface area contributed by atoms with Gasteiger partial charge >= 0.3 is 5.97 Å². The molecular formula is C14H18N2O3. The first kappa shape index (κ1) is 13.5. The van der Waals surface area contributed by atoms with E-state index in [0.717, 1.165) is 19.4 Å². The molecule has 1 fully saturated rings. The minimum atomic E-state index is -1.04. The Balaban J connectivity index is 2.04. The van der Waals surface area contributed by atoms with E-state index in [2.05, 4.69) is 10.6 Å². The van der Waals surface area contributed by atoms with Crippen LogP contribution in [0, 0.1) is 5.92 Å². The van der Waals surface area contributed by atoms with E-state index in [0.29, 0.717) is 12.1 Å². The molecule has 2 atom stereocenters. The summed E-state index contributed by atoms with van der Waals surface area (Å²) in [7, 11) is 0. The fourth-order valence-corrected chi connectivity index (χ4v) is 2.27. The number of carboxylic acids is 1. The van der Waals surface area contributed by atoms with Crippen molar-refractivity contribution in [3.8, 4) is 0 Å². The molecule has 5 heteroatoms. The van der Waals surface area contributed by atoms with Crippen molar-refractivity contribution in [1.29, 1.82) is 0 Å². The van der Waals surface area contributed by atoms with Gasteiger partial charge in [0.15, 0.2) is 6.04 Å². The van der Waals surface area contributed by atoms with Crippen LogP contribution in [0.4, 0.5) is 0 Å². The Bertz CT molecular complexity index is 441. The van der Waals surface area contributed by atoms with Crippen LogP contribution in [0.3, 0.4) is 0 Å². The van der Waals surface area contributed by atoms with Gasteiger partial charge < -0.3 is 15.7 Å². The molecule has 1 amide bonds. The molecule has 19 heavy (non-hydrogen) atoms. The molecule has 1 aliphatic heterocycles. The Morgan fingerprint density at radius 1 is 1.32 bits per heavy atom. The second-order valence-electron chi connectivity index (χ2n) is 4.73. The third-order valence-corrected chi connectivity index (χ3v) is 3.33. The third-order valence-electron chi connectivity index (χ3n) is 3.33. The Labute approximate surface area is 112 Å². The molecule has 1 saturated heterocycles. The van der Waals surface area contributed by atoms with Gasteiger partial charge in [0.1, 0.15) is 0 Å². The van der Waals surface area contributed by atoms with Crippen molar-refractivity contribution in [3.63, 3.8) is 0 Å². The SMILES string of the molecule is O=C(N[C@H](C(=O)O)c1ccccc1)C1CCCNC1. The number of aliphatic carboxylic acids is 1. The van der Waals surface area contributed by atoms with Crippen molar-refractivity contribution in [2.45, 2.75) is 18.9 Å². The van der Waals surface area contributed by atoms with Gasteiger partial charge in [-0.25, -0.2) is 4.79 Å². The Morgan fingerprint density at radius 2 is 2.05 bits per heavy atom. The van der Waals surface area contributed by atoms with Crippen LogP contribution in [-0.2, 0) is 9.59 Å². The molecule has 1 aromatic carbocycles. The smallest absolute Gasteiger partial charge is 0.330 e. The maximum atomic E-state index is 12.1. The Hall–Kier alpha value is -1.88. The molecule has 0 bridgehead atoms. The molecule has 5 nitrogen and oxygen atoms in total. The van der Waals surface area contributed by atoms with Crippen LogP contribution < -0.4 is 10.6 Å². The summed E-state index contributed by atoms with van der Waals surface area (Å²) in [6.07, 6.45) is 1.75. The van der Waals surface area contributed by atoms with Crippen molar-refractivity contribution in [2.24, 2.45) is 5.92 Å². The van der Waals surface area contributed by atoms with Crippen LogP contribution in [0.5, 0.6) is 0 Å². The fraction of sp³-hybridized carbons (Fsp3) is 0.429. The first-order chi connectivity index (χ1) is 9.18. The van der Waals surface area contributed by atoms with Crippen LogP contribution in [0.25, 0.3) is 0 Å². The van der Waals surface area contributed by atoms with E-state index in [1.54, 1.807) is 24.3 Å². The normalized spacial score (nSPS) is 20.5. The number of nitrogens with one attached hydrogen (secondary N) is 2. The van der Waals surface area contributed by atoms with Crippen molar-refractivity contribution in [2.75, 3.05) is 13.1 Å². The largest absolute Gasteiger partial charge is 0.479 e. The highest BCUT2D eigenvalue weighted by atomic mass is 16.4. The molecule has 0 aliphatic carbocycles. The number of carbonyl (C=O) groups is 2. The van der Waals surface area contributed by atoms with Crippen LogP contribution >= 0.6 is 0 Å². The molecule has 1 aliphatic rings. The Morgan fingerprint density at radius 3 is 2.63 bits per heavy atom. The van der Waals surface area contributed by atoms with E-state index >= 15 is 0 Å². The van der Waals surface area contributed by atoms with Crippen LogP contribution in [0.15, 0.2) is 30.3 Å². The van der Waals surface area contributed by atoms with E-state index in [9.17, 15) is 14.7 Å². The van der Waals surface area contributed by atoms with Gasteiger partial charge in [-0.15, -0.1) is 0 Å². The topological polar surface area (TPSA) is 78.4 Å². The van der Waals surface area contributed by atoms with Crippen molar-refractivity contribution >= 4 is 11.9 Å². The van der Waals surface area contributed by atoms with Crippen LogP contribution in [-0.4, -0.2) is 30.1 Å². The number of carbonyl (C=O) groups excluding carboxylic acids is 1. The highest BCUT2D eigenvalue weighted by molar-refractivity contribution is 5.86. The summed E-state index contributed by atoms with van der Waals surface area (Å²) in [5, 5.41) is 15.0. The quantitative estimate of drug-likeness (QED) is 0.754. The molecule has 3 N–H and O–H groups in total. The Kier molecular flexibility index (Phi) is 4.52. The lowest BCUT2D eigenvalue weighted by Crippen LogP contribution is -2.43. The number of piperidine rings is 1. The monoisotopic (exact) mass is 262 g/mol. The number of hydrogen-bond donors (Lipinski definition) is 3. The number of hydrogen-bond acceptors (Lipinski definition) is 3. The van der Waals surface area contributed by atoms with Gasteiger partial charge in [0.25, 0.3) is 0 Å². The van der Waals surface area contributed by atoms with Gasteiger partial charge in [0, 0.05) is 6.54 Å². The average Bonchev–Trinajstić information content (AvgIpc) is 2.46. The van der Waals surface area contributed by atoms with Crippen LogP contribution in [0.1, 0.15) is 24.4 Å². The maximum absolute atomic E-state index is 12.1. The molecule has 0 spiro atoms. The summed E-state index contributed by atoms with van der Waals surface area (Å²) in [4.78, 5) is 23.4. The molecule has 0 saturated carbocycles. The zero-order valence-electron chi connectivity index (χ0n) is 10.6. The maximum Gasteiger partial charge on any atom is 0.330 e. The van der Waals surface area contributed by atoms with Gasteiger partial charge in [-0.05, 0) is 24.9 Å². The highest BCUT2D eigenvalue weighted by Crippen LogP contribution is 2.16. The van der Waals surface area contributed by atoms with Gasteiger partial charge in [0.05, 0.1) is 5.92 Å². The second-order valence-corrected chi connectivity index (χ2v) is 4.73. The summed E-state index contributed by atoms with van der Waals surface area (Å²) in [5.74, 6) is -1.37. The lowest BCUT2D eigenvalue weighted by molar-refractivity contribution is -0.142. The van der Waals surface area contributed by atoms with E-state index in [1.165, 1.54) is 0 Å². The van der Waals surface area contributed by atoms with E-state index in [1.807, 2.05) is 6.07 Å². The molecule has 0 radical (unpaired) electrons. The minimum absolute atomic E-state index is 0.140. The third kappa shape index (κ3) is 3.54. The average molecular weight is 262 g/mol. The van der Waals surface area contributed by atoms with Crippen molar-refractivity contribution < 1.29 is 14.7 Å². The zero-order valence-corrected chi connectivity index (χ0v) is 10.6. The van der Waals surface area contributed by atoms with Crippen molar-refractivity contribution in [3.05, 3.63) is 35.9 Å². The highest BCUT2D eigenvalue weighted by Gasteiger charge is 2.27. The molecule has 1 unspecified atom stereocenters. The van der Waals surface area contributed by atoms with Gasteiger partial charge in [0.2, 0.25) is 5.91 Å². The van der Waals surface area contributed by atoms with E-state index < -0.39 is 12.0 Å². The number of carboxylic acid groups (broad SMARTS) is 1. The van der Waals surface area contributed by atoms with Gasteiger partial charge in [-0.1, -0.05) is 30.3 Å². The molecule has 0 aromatic heterocycles. The van der Waals surface area contributed by atoms with Crippen LogP contribution in [0.2, 0.25) is 0 Å². The summed E-state index contributed by atoms with van der Waals surface area (Å²) < 4.78 is 0. The molecule has 1 heterocycles. The number of benzene rings is 1. The van der Waals surface area contributed by atoms with Crippen molar-refractivity contribution in [1.82, 2.24) is 10.6 Å². The first-order valence-electron chi connectivity index (χ1n) is 6.47. The summed E-state index contributed by atoms with van der Waals surface area (Å²) in [5.41, 5.74) is 0.590. The summed E-state index contributed by atoms with van der Waals surface area (Å²) >= 11 is 0. The van der Waals surface area contributed by atoms with Gasteiger partial charge in [-0.2, -0.15) is 0 Å². The number of amides is 1. The minimum Gasteiger partial charge on any atom is -0.479 e. The summed E-state index contributed by atoms with van der Waals surface area (Å²) in [6, 6.07) is 7.78. The van der Waals surface area contributed by atoms with Gasteiger partial charge in [-0.3, -0.25) is 4.79 Å². The predicted molar refractivity (Wildman–Crippen MR) is 70.6 cm³/mol. The molecule has 2 rings (SSSR count). The second kappa shape index (κ2) is 6.33. The zero-order chi connectivity index (χ0) is 13.7. The predicted octanol–water partition coefficient (Wildman–Crippen LogP) is 0.928. The molecule has 1 aromatic rings. The lowest BCUT2D eigenvalue weighted by atomic mass is 9.97. The standard InChI is InChI=1S/C14H18N2O3/c17-13(11-7-4-8-15-9-11)16-12(14(18)19)10-5-2-1-3-6-10/h1-3,5-6,11-12,15H,4,7-9H2,(H,16,17)(H,18,19)/t11?,12-/m0/s1. The summed E-state index contributed by atoms with van der Waals surface area (Å²) in [6.45, 7) is 1.54. The van der Waals surface area contributed by atoms with E-state index in [-0.39, 0.29) is 11.8 Å². The fourth-order valence-electron chi connectivity index (χ4n) is 2.27. The molecule has 102 valence electrons. The first-order valence-corrected chi connectivity index (χ1v) is 6.47.